The van der Waals surface area contributed by atoms with Crippen molar-refractivity contribution in [3.8, 4) is 0 Å². The highest BCUT2D eigenvalue weighted by Crippen LogP contribution is 2.27. The molecule has 0 aliphatic carbocycles. The summed E-state index contributed by atoms with van der Waals surface area (Å²) >= 11 is 7.92. The van der Waals surface area contributed by atoms with Gasteiger partial charge in [0.1, 0.15) is 0 Å². The standard InChI is InChI=1S/C17H21ClN2S/c1-3-8-19-10-14-9-13(2)17(20-11-14)21-12-15-6-4-5-7-16(15)18/h4-7,9,11,19H,3,8,10,12H2,1-2H3. The first-order chi connectivity index (χ1) is 10.2. The van der Waals surface area contributed by atoms with E-state index in [1.807, 2.05) is 24.4 Å². The third kappa shape index (κ3) is 5.03. The van der Waals surface area contributed by atoms with Gasteiger partial charge in [0, 0.05) is 23.5 Å². The molecule has 21 heavy (non-hydrogen) atoms. The van der Waals surface area contributed by atoms with E-state index in [0.29, 0.717) is 0 Å². The average Bonchev–Trinajstić information content (AvgIpc) is 2.48. The SMILES string of the molecule is CCCNCc1cnc(SCc2ccccc2Cl)c(C)c1. The molecule has 0 bridgehead atoms. The van der Waals surface area contributed by atoms with Crippen LogP contribution in [0, 0.1) is 6.92 Å². The van der Waals surface area contributed by atoms with Gasteiger partial charge >= 0.3 is 0 Å². The Morgan fingerprint density at radius 3 is 2.81 bits per heavy atom. The molecule has 0 atom stereocenters. The maximum atomic E-state index is 6.18. The highest BCUT2D eigenvalue weighted by molar-refractivity contribution is 7.98. The van der Waals surface area contributed by atoms with Crippen molar-refractivity contribution in [3.63, 3.8) is 0 Å². The summed E-state index contributed by atoms with van der Waals surface area (Å²) in [7, 11) is 0. The van der Waals surface area contributed by atoms with Gasteiger partial charge in [-0.2, -0.15) is 0 Å². The van der Waals surface area contributed by atoms with Crippen LogP contribution in [-0.4, -0.2) is 11.5 Å². The van der Waals surface area contributed by atoms with E-state index in [4.69, 9.17) is 11.6 Å². The molecule has 1 aromatic carbocycles. The first-order valence-corrected chi connectivity index (χ1v) is 8.59. The van der Waals surface area contributed by atoms with E-state index in [2.05, 4.69) is 36.3 Å². The zero-order chi connectivity index (χ0) is 15.1. The van der Waals surface area contributed by atoms with Crippen LogP contribution in [0.2, 0.25) is 5.02 Å². The molecule has 0 amide bonds. The molecular formula is C17H21ClN2S. The Morgan fingerprint density at radius 1 is 1.29 bits per heavy atom. The number of rotatable bonds is 7. The van der Waals surface area contributed by atoms with Crippen LogP contribution in [0.25, 0.3) is 0 Å². The molecule has 0 unspecified atom stereocenters. The van der Waals surface area contributed by atoms with Crippen molar-refractivity contribution in [3.05, 3.63) is 58.2 Å². The van der Waals surface area contributed by atoms with Gasteiger partial charge in [0.05, 0.1) is 5.03 Å². The first kappa shape index (κ1) is 16.3. The fourth-order valence-electron chi connectivity index (χ4n) is 2.04. The van der Waals surface area contributed by atoms with Crippen molar-refractivity contribution in [2.45, 2.75) is 37.6 Å². The molecule has 112 valence electrons. The molecule has 0 fully saturated rings. The third-order valence-electron chi connectivity index (χ3n) is 3.16. The molecule has 0 aliphatic heterocycles. The number of aryl methyl sites for hydroxylation is 1. The average molecular weight is 321 g/mol. The Bertz CT molecular complexity index is 587. The van der Waals surface area contributed by atoms with Crippen LogP contribution < -0.4 is 5.32 Å². The summed E-state index contributed by atoms with van der Waals surface area (Å²) in [6.45, 7) is 6.22. The van der Waals surface area contributed by atoms with E-state index in [-0.39, 0.29) is 0 Å². The fraction of sp³-hybridized carbons (Fsp3) is 0.353. The van der Waals surface area contributed by atoms with E-state index in [0.717, 1.165) is 40.9 Å². The van der Waals surface area contributed by atoms with Gasteiger partial charge in [-0.15, -0.1) is 11.8 Å². The second-order valence-electron chi connectivity index (χ2n) is 5.02. The maximum absolute atomic E-state index is 6.18. The summed E-state index contributed by atoms with van der Waals surface area (Å²) in [6, 6.07) is 10.2. The second-order valence-corrected chi connectivity index (χ2v) is 6.39. The summed E-state index contributed by atoms with van der Waals surface area (Å²) in [4.78, 5) is 4.58. The summed E-state index contributed by atoms with van der Waals surface area (Å²) in [5.41, 5.74) is 3.62. The Hall–Kier alpha value is -1.03. The molecule has 0 aliphatic rings. The Kier molecular flexibility index (Phi) is 6.55. The molecule has 1 N–H and O–H groups in total. The minimum atomic E-state index is 0.822. The molecule has 2 rings (SSSR count). The molecule has 0 saturated carbocycles. The number of benzene rings is 1. The molecule has 1 heterocycles. The number of thioether (sulfide) groups is 1. The predicted octanol–water partition coefficient (Wildman–Crippen LogP) is 4.84. The van der Waals surface area contributed by atoms with Gasteiger partial charge < -0.3 is 5.32 Å². The van der Waals surface area contributed by atoms with Crippen molar-refractivity contribution in [2.24, 2.45) is 0 Å². The maximum Gasteiger partial charge on any atom is 0.0992 e. The highest BCUT2D eigenvalue weighted by Gasteiger charge is 2.05. The fourth-order valence-corrected chi connectivity index (χ4v) is 3.28. The molecule has 2 aromatic rings. The lowest BCUT2D eigenvalue weighted by atomic mass is 10.2. The van der Waals surface area contributed by atoms with Crippen molar-refractivity contribution < 1.29 is 0 Å². The molecule has 0 spiro atoms. The lowest BCUT2D eigenvalue weighted by Crippen LogP contribution is -2.14. The van der Waals surface area contributed by atoms with Gasteiger partial charge in [0.2, 0.25) is 0 Å². The van der Waals surface area contributed by atoms with E-state index < -0.39 is 0 Å². The van der Waals surface area contributed by atoms with Crippen LogP contribution in [0.15, 0.2) is 41.6 Å². The van der Waals surface area contributed by atoms with Crippen LogP contribution in [0.5, 0.6) is 0 Å². The smallest absolute Gasteiger partial charge is 0.0992 e. The van der Waals surface area contributed by atoms with Crippen LogP contribution >= 0.6 is 23.4 Å². The number of aromatic nitrogens is 1. The molecule has 0 radical (unpaired) electrons. The second kappa shape index (κ2) is 8.42. The summed E-state index contributed by atoms with van der Waals surface area (Å²) in [5.74, 6) is 0.848. The molecule has 2 nitrogen and oxygen atoms in total. The highest BCUT2D eigenvalue weighted by atomic mass is 35.5. The number of nitrogens with one attached hydrogen (secondary N) is 1. The zero-order valence-electron chi connectivity index (χ0n) is 12.5. The van der Waals surface area contributed by atoms with Crippen molar-refractivity contribution in [1.29, 1.82) is 0 Å². The van der Waals surface area contributed by atoms with E-state index in [9.17, 15) is 0 Å². The monoisotopic (exact) mass is 320 g/mol. The van der Waals surface area contributed by atoms with Gasteiger partial charge in [-0.3, -0.25) is 0 Å². The molecule has 1 aromatic heterocycles. The van der Waals surface area contributed by atoms with Crippen molar-refractivity contribution in [1.82, 2.24) is 10.3 Å². The minimum absolute atomic E-state index is 0.822. The van der Waals surface area contributed by atoms with Crippen LogP contribution in [0.1, 0.15) is 30.0 Å². The number of pyridine rings is 1. The lowest BCUT2D eigenvalue weighted by molar-refractivity contribution is 0.672. The van der Waals surface area contributed by atoms with Gasteiger partial charge in [-0.1, -0.05) is 42.8 Å². The lowest BCUT2D eigenvalue weighted by Gasteiger charge is -2.09. The third-order valence-corrected chi connectivity index (χ3v) is 4.69. The van der Waals surface area contributed by atoms with Gasteiger partial charge in [0.25, 0.3) is 0 Å². The van der Waals surface area contributed by atoms with Gasteiger partial charge in [0.15, 0.2) is 0 Å². The molecule has 0 saturated heterocycles. The number of hydrogen-bond donors (Lipinski definition) is 1. The minimum Gasteiger partial charge on any atom is -0.313 e. The zero-order valence-corrected chi connectivity index (χ0v) is 14.1. The van der Waals surface area contributed by atoms with Gasteiger partial charge in [-0.25, -0.2) is 4.98 Å². The van der Waals surface area contributed by atoms with Crippen LogP contribution in [-0.2, 0) is 12.3 Å². The number of halogens is 1. The first-order valence-electron chi connectivity index (χ1n) is 7.23. The van der Waals surface area contributed by atoms with E-state index >= 15 is 0 Å². The number of hydrogen-bond acceptors (Lipinski definition) is 3. The van der Waals surface area contributed by atoms with E-state index in [1.54, 1.807) is 11.8 Å². The number of nitrogens with zero attached hydrogens (tertiary/aromatic N) is 1. The van der Waals surface area contributed by atoms with Crippen molar-refractivity contribution in [2.75, 3.05) is 6.54 Å². The molecular weight excluding hydrogens is 300 g/mol. The van der Waals surface area contributed by atoms with Crippen molar-refractivity contribution >= 4 is 23.4 Å². The Morgan fingerprint density at radius 2 is 2.10 bits per heavy atom. The van der Waals surface area contributed by atoms with E-state index in [1.165, 1.54) is 11.1 Å². The summed E-state index contributed by atoms with van der Waals surface area (Å²) in [5, 5.41) is 5.30. The van der Waals surface area contributed by atoms with Crippen LogP contribution in [0.4, 0.5) is 0 Å². The summed E-state index contributed by atoms with van der Waals surface area (Å²) in [6.07, 6.45) is 3.11. The largest absolute Gasteiger partial charge is 0.313 e. The van der Waals surface area contributed by atoms with Crippen LogP contribution in [0.3, 0.4) is 0 Å². The Balaban J connectivity index is 1.96. The normalized spacial score (nSPS) is 10.8. The quantitative estimate of drug-likeness (QED) is 0.584. The van der Waals surface area contributed by atoms with Gasteiger partial charge in [-0.05, 0) is 42.6 Å². The topological polar surface area (TPSA) is 24.9 Å². The predicted molar refractivity (Wildman–Crippen MR) is 92.0 cm³/mol. The Labute approximate surface area is 136 Å². The summed E-state index contributed by atoms with van der Waals surface area (Å²) < 4.78 is 0. The molecule has 4 heteroatoms.